The van der Waals surface area contributed by atoms with Crippen molar-refractivity contribution >= 4 is 22.7 Å². The Morgan fingerprint density at radius 1 is 1.29 bits per heavy atom. The van der Waals surface area contributed by atoms with Crippen molar-refractivity contribution in [2.75, 3.05) is 17.7 Å². The van der Waals surface area contributed by atoms with E-state index in [1.54, 1.807) is 0 Å². The van der Waals surface area contributed by atoms with Crippen LogP contribution in [0.4, 0.5) is 11.8 Å². The molecule has 17 heavy (non-hydrogen) atoms. The van der Waals surface area contributed by atoms with Crippen LogP contribution in [0.5, 0.6) is 0 Å². The number of benzene rings is 1. The first-order valence-electron chi connectivity index (χ1n) is 5.88. The Morgan fingerprint density at radius 3 is 2.71 bits per heavy atom. The molecule has 0 radical (unpaired) electrons. The summed E-state index contributed by atoms with van der Waals surface area (Å²) in [6.07, 6.45) is 1.06. The maximum atomic E-state index is 5.76. The normalized spacial score (nSPS) is 12.6. The predicted molar refractivity (Wildman–Crippen MR) is 72.1 cm³/mol. The number of aromatic nitrogens is 2. The molecule has 1 atom stereocenters. The number of hydrogen-bond acceptors (Lipinski definition) is 4. The van der Waals surface area contributed by atoms with Gasteiger partial charge >= 0.3 is 0 Å². The molecule has 0 saturated heterocycles. The molecule has 2 N–H and O–H groups in total. The number of para-hydroxylation sites is 1. The number of nitrogens with zero attached hydrogens (tertiary/aromatic N) is 3. The highest BCUT2D eigenvalue weighted by Crippen LogP contribution is 2.25. The van der Waals surface area contributed by atoms with Crippen LogP contribution < -0.4 is 10.6 Å². The Hall–Kier alpha value is -1.84. The standard InChI is InChI=1S/C13H18N4/c1-4-9(2)17(3)12-10-7-5-6-8-11(10)15-13(14)16-12/h5-9H,4H2,1-3H3,(H2,14,15,16). The number of fused-ring (bicyclic) bond motifs is 1. The Balaban J connectivity index is 2.59. The summed E-state index contributed by atoms with van der Waals surface area (Å²) in [7, 11) is 2.04. The highest BCUT2D eigenvalue weighted by atomic mass is 15.2. The largest absolute Gasteiger partial charge is 0.368 e. The molecule has 4 heteroatoms. The van der Waals surface area contributed by atoms with Crippen LogP contribution in [0.25, 0.3) is 10.9 Å². The summed E-state index contributed by atoms with van der Waals surface area (Å²) >= 11 is 0. The zero-order valence-corrected chi connectivity index (χ0v) is 10.5. The first-order chi connectivity index (χ1) is 8.13. The van der Waals surface area contributed by atoms with Crippen molar-refractivity contribution in [3.8, 4) is 0 Å². The summed E-state index contributed by atoms with van der Waals surface area (Å²) in [5.41, 5.74) is 6.65. The van der Waals surface area contributed by atoms with Crippen molar-refractivity contribution in [1.82, 2.24) is 9.97 Å². The third-order valence-corrected chi connectivity index (χ3v) is 3.19. The van der Waals surface area contributed by atoms with Gasteiger partial charge in [-0.25, -0.2) is 4.98 Å². The average molecular weight is 230 g/mol. The summed E-state index contributed by atoms with van der Waals surface area (Å²) in [5.74, 6) is 1.23. The highest BCUT2D eigenvalue weighted by molar-refractivity contribution is 5.90. The molecule has 0 aliphatic heterocycles. The van der Waals surface area contributed by atoms with E-state index < -0.39 is 0 Å². The van der Waals surface area contributed by atoms with Gasteiger partial charge in [-0.2, -0.15) is 4.98 Å². The lowest BCUT2D eigenvalue weighted by Gasteiger charge is -2.26. The van der Waals surface area contributed by atoms with Gasteiger partial charge in [-0.3, -0.25) is 0 Å². The maximum Gasteiger partial charge on any atom is 0.222 e. The molecule has 1 aromatic heterocycles. The molecule has 0 amide bonds. The SMILES string of the molecule is CCC(C)N(C)c1nc(N)nc2ccccc12. The zero-order valence-electron chi connectivity index (χ0n) is 10.5. The second-order valence-corrected chi connectivity index (χ2v) is 4.29. The number of rotatable bonds is 3. The Labute approximate surface area is 101 Å². The summed E-state index contributed by atoms with van der Waals surface area (Å²) in [4.78, 5) is 10.8. The minimum absolute atomic E-state index is 0.328. The van der Waals surface area contributed by atoms with Gasteiger partial charge in [0.05, 0.1) is 5.52 Å². The number of hydrogen-bond donors (Lipinski definition) is 1. The predicted octanol–water partition coefficient (Wildman–Crippen LogP) is 2.45. The molecule has 1 aromatic carbocycles. The molecule has 2 aromatic rings. The molecule has 0 aliphatic carbocycles. The fourth-order valence-electron chi connectivity index (χ4n) is 1.83. The van der Waals surface area contributed by atoms with Gasteiger partial charge in [0.2, 0.25) is 5.95 Å². The van der Waals surface area contributed by atoms with Crippen LogP contribution in [0.15, 0.2) is 24.3 Å². The molecule has 0 spiro atoms. The average Bonchev–Trinajstić information content (AvgIpc) is 2.35. The quantitative estimate of drug-likeness (QED) is 0.880. The summed E-state index contributed by atoms with van der Waals surface area (Å²) in [6.45, 7) is 4.33. The van der Waals surface area contributed by atoms with Crippen LogP contribution in [-0.2, 0) is 0 Å². The van der Waals surface area contributed by atoms with Crippen LogP contribution >= 0.6 is 0 Å². The molecule has 0 bridgehead atoms. The van der Waals surface area contributed by atoms with E-state index in [9.17, 15) is 0 Å². The Bertz CT molecular complexity index is 524. The van der Waals surface area contributed by atoms with Crippen molar-refractivity contribution in [2.24, 2.45) is 0 Å². The van der Waals surface area contributed by atoms with Crippen LogP contribution in [0.3, 0.4) is 0 Å². The van der Waals surface area contributed by atoms with Gasteiger partial charge in [0, 0.05) is 18.5 Å². The third kappa shape index (κ3) is 2.16. The van der Waals surface area contributed by atoms with Crippen molar-refractivity contribution in [3.63, 3.8) is 0 Å². The minimum Gasteiger partial charge on any atom is -0.368 e. The van der Waals surface area contributed by atoms with E-state index >= 15 is 0 Å². The number of anilines is 2. The van der Waals surface area contributed by atoms with Crippen LogP contribution in [0.1, 0.15) is 20.3 Å². The van der Waals surface area contributed by atoms with Crippen LogP contribution in [-0.4, -0.2) is 23.1 Å². The molecular weight excluding hydrogens is 212 g/mol. The highest BCUT2D eigenvalue weighted by Gasteiger charge is 2.13. The van der Waals surface area contributed by atoms with Gasteiger partial charge in [-0.15, -0.1) is 0 Å². The van der Waals surface area contributed by atoms with Gasteiger partial charge < -0.3 is 10.6 Å². The van der Waals surface area contributed by atoms with E-state index in [1.807, 2.05) is 31.3 Å². The van der Waals surface area contributed by atoms with Crippen molar-refractivity contribution in [2.45, 2.75) is 26.3 Å². The minimum atomic E-state index is 0.328. The molecule has 0 fully saturated rings. The number of nitrogens with two attached hydrogens (primary N) is 1. The van der Waals surface area contributed by atoms with Gasteiger partial charge in [0.1, 0.15) is 5.82 Å². The van der Waals surface area contributed by atoms with Gasteiger partial charge in [0.15, 0.2) is 0 Å². The van der Waals surface area contributed by atoms with Gasteiger partial charge in [-0.1, -0.05) is 19.1 Å². The summed E-state index contributed by atoms with van der Waals surface area (Å²) < 4.78 is 0. The number of nitrogen functional groups attached to an aromatic ring is 1. The molecular formula is C13H18N4. The van der Waals surface area contributed by atoms with E-state index in [1.165, 1.54) is 0 Å². The van der Waals surface area contributed by atoms with Crippen molar-refractivity contribution in [3.05, 3.63) is 24.3 Å². The summed E-state index contributed by atoms with van der Waals surface area (Å²) in [5, 5.41) is 1.05. The van der Waals surface area contributed by atoms with E-state index in [4.69, 9.17) is 5.73 Å². The van der Waals surface area contributed by atoms with E-state index in [2.05, 4.69) is 28.7 Å². The first kappa shape index (κ1) is 11.6. The fourth-order valence-corrected chi connectivity index (χ4v) is 1.83. The Kier molecular flexibility index (Phi) is 3.13. The molecule has 0 saturated carbocycles. The van der Waals surface area contributed by atoms with Gasteiger partial charge in [0.25, 0.3) is 0 Å². The van der Waals surface area contributed by atoms with E-state index in [0.29, 0.717) is 12.0 Å². The van der Waals surface area contributed by atoms with Crippen molar-refractivity contribution in [1.29, 1.82) is 0 Å². The van der Waals surface area contributed by atoms with Crippen molar-refractivity contribution < 1.29 is 0 Å². The lowest BCUT2D eigenvalue weighted by atomic mass is 10.2. The molecule has 1 unspecified atom stereocenters. The lowest BCUT2D eigenvalue weighted by Crippen LogP contribution is -2.29. The Morgan fingerprint density at radius 2 is 2.00 bits per heavy atom. The first-order valence-corrected chi connectivity index (χ1v) is 5.88. The fraction of sp³-hybridized carbons (Fsp3) is 0.385. The van der Waals surface area contributed by atoms with Crippen LogP contribution in [0.2, 0.25) is 0 Å². The molecule has 2 rings (SSSR count). The monoisotopic (exact) mass is 230 g/mol. The smallest absolute Gasteiger partial charge is 0.222 e. The molecule has 1 heterocycles. The topological polar surface area (TPSA) is 55.0 Å². The molecule has 4 nitrogen and oxygen atoms in total. The molecule has 0 aliphatic rings. The second-order valence-electron chi connectivity index (χ2n) is 4.29. The maximum absolute atomic E-state index is 5.76. The second kappa shape index (κ2) is 4.57. The van der Waals surface area contributed by atoms with Gasteiger partial charge in [-0.05, 0) is 25.5 Å². The summed E-state index contributed by atoms with van der Waals surface area (Å²) in [6, 6.07) is 8.37. The third-order valence-electron chi connectivity index (χ3n) is 3.19. The lowest BCUT2D eigenvalue weighted by molar-refractivity contribution is 0.659. The zero-order chi connectivity index (χ0) is 12.4. The van der Waals surface area contributed by atoms with E-state index in [0.717, 1.165) is 23.1 Å². The van der Waals surface area contributed by atoms with E-state index in [-0.39, 0.29) is 0 Å². The molecule has 90 valence electrons. The van der Waals surface area contributed by atoms with Crippen LogP contribution in [0, 0.1) is 0 Å².